The van der Waals surface area contributed by atoms with Gasteiger partial charge in [-0.05, 0) is 12.1 Å². The summed E-state index contributed by atoms with van der Waals surface area (Å²) in [6, 6.07) is 3.61. The molecule has 1 heterocycles. The van der Waals surface area contributed by atoms with Crippen molar-refractivity contribution in [3.8, 4) is 0 Å². The van der Waals surface area contributed by atoms with E-state index in [0.29, 0.717) is 5.76 Å². The van der Waals surface area contributed by atoms with E-state index in [1.54, 1.807) is 25.6 Å². The highest BCUT2D eigenvalue weighted by molar-refractivity contribution is 5.85. The summed E-state index contributed by atoms with van der Waals surface area (Å²) in [6.45, 7) is 0. The largest absolute Gasteiger partial charge is 0.463 e. The third kappa shape index (κ3) is 2.92. The summed E-state index contributed by atoms with van der Waals surface area (Å²) >= 11 is 0. The molecule has 1 aromatic heterocycles. The van der Waals surface area contributed by atoms with Crippen molar-refractivity contribution in [1.82, 2.24) is 0 Å². The van der Waals surface area contributed by atoms with E-state index in [-0.39, 0.29) is 0 Å². The first kappa shape index (κ1) is 8.39. The molecule has 12 heavy (non-hydrogen) atoms. The minimum absolute atomic E-state index is 0.704. The number of aliphatic imine (C=N–C) groups is 3. The van der Waals surface area contributed by atoms with Gasteiger partial charge in [0.05, 0.1) is 12.5 Å². The maximum Gasteiger partial charge on any atom is 0.144 e. The van der Waals surface area contributed by atoms with E-state index in [1.165, 1.54) is 12.7 Å². The van der Waals surface area contributed by atoms with Gasteiger partial charge >= 0.3 is 0 Å². The molecule has 1 aromatic rings. The number of hydrogen-bond donors (Lipinski definition) is 0. The Hall–Kier alpha value is -1.71. The monoisotopic (exact) mass is 163 g/mol. The van der Waals surface area contributed by atoms with Crippen LogP contribution < -0.4 is 0 Å². The van der Waals surface area contributed by atoms with Crippen LogP contribution in [0, 0.1) is 0 Å². The summed E-state index contributed by atoms with van der Waals surface area (Å²) in [4.78, 5) is 11.2. The number of furan rings is 1. The molecule has 0 fully saturated rings. The molecule has 4 nitrogen and oxygen atoms in total. The molecule has 0 aromatic carbocycles. The molecule has 0 unspecified atom stereocenters. The van der Waals surface area contributed by atoms with E-state index in [2.05, 4.69) is 15.0 Å². The molecule has 4 heteroatoms. The average Bonchev–Trinajstić information content (AvgIpc) is 2.57. The minimum atomic E-state index is 0.704. The van der Waals surface area contributed by atoms with Crippen molar-refractivity contribution in [1.29, 1.82) is 0 Å². The topological polar surface area (TPSA) is 50.2 Å². The molecule has 62 valence electrons. The van der Waals surface area contributed by atoms with Crippen molar-refractivity contribution in [2.24, 2.45) is 15.0 Å². The first-order valence-electron chi connectivity index (χ1n) is 3.42. The van der Waals surface area contributed by atoms with Crippen LogP contribution in [0.2, 0.25) is 0 Å². The first-order valence-corrected chi connectivity index (χ1v) is 3.42. The van der Waals surface area contributed by atoms with Gasteiger partial charge < -0.3 is 4.42 Å². The molecule has 0 aliphatic carbocycles. The Labute approximate surface area is 70.4 Å². The van der Waals surface area contributed by atoms with Crippen LogP contribution in [0.3, 0.4) is 0 Å². The molecular formula is C8H9N3O. The number of rotatable bonds is 3. The smallest absolute Gasteiger partial charge is 0.144 e. The van der Waals surface area contributed by atoms with Crippen LogP contribution >= 0.6 is 0 Å². The molecular weight excluding hydrogens is 154 g/mol. The highest BCUT2D eigenvalue weighted by Crippen LogP contribution is 1.94. The predicted molar refractivity (Wildman–Crippen MR) is 49.2 cm³/mol. The molecule has 0 saturated heterocycles. The zero-order chi connectivity index (χ0) is 8.65. The number of hydrogen-bond acceptors (Lipinski definition) is 2. The van der Waals surface area contributed by atoms with Gasteiger partial charge in [0.25, 0.3) is 0 Å². The molecule has 0 atom stereocenters. The van der Waals surface area contributed by atoms with Crippen LogP contribution in [0.1, 0.15) is 5.76 Å². The van der Waals surface area contributed by atoms with Crippen LogP contribution in [0.5, 0.6) is 0 Å². The lowest BCUT2D eigenvalue weighted by Gasteiger charge is -1.78. The maximum atomic E-state index is 5.00. The van der Waals surface area contributed by atoms with Gasteiger partial charge in [-0.1, -0.05) is 0 Å². The van der Waals surface area contributed by atoms with Gasteiger partial charge in [0, 0.05) is 7.05 Å². The molecule has 0 N–H and O–H groups in total. The zero-order valence-electron chi connectivity index (χ0n) is 6.71. The fourth-order valence-corrected chi connectivity index (χ4v) is 0.606. The summed E-state index contributed by atoms with van der Waals surface area (Å²) in [5, 5.41) is 0. The summed E-state index contributed by atoms with van der Waals surface area (Å²) < 4.78 is 5.00. The van der Waals surface area contributed by atoms with Gasteiger partial charge in [-0.25, -0.2) is 9.98 Å². The normalized spacial score (nSPS) is 12.4. The quantitative estimate of drug-likeness (QED) is 0.490. The van der Waals surface area contributed by atoms with Gasteiger partial charge in [0.15, 0.2) is 0 Å². The highest BCUT2D eigenvalue weighted by atomic mass is 16.3. The Morgan fingerprint density at radius 1 is 1.33 bits per heavy atom. The predicted octanol–water partition coefficient (Wildman–Crippen LogP) is 1.38. The zero-order valence-corrected chi connectivity index (χ0v) is 6.71. The van der Waals surface area contributed by atoms with Crippen molar-refractivity contribution in [2.45, 2.75) is 0 Å². The third-order valence-corrected chi connectivity index (χ3v) is 1.06. The lowest BCUT2D eigenvalue weighted by Crippen LogP contribution is -1.75. The summed E-state index contributed by atoms with van der Waals surface area (Å²) in [5.41, 5.74) is 0. The second-order valence-electron chi connectivity index (χ2n) is 1.93. The van der Waals surface area contributed by atoms with Crippen molar-refractivity contribution < 1.29 is 4.42 Å². The van der Waals surface area contributed by atoms with Gasteiger partial charge in [-0.3, -0.25) is 4.99 Å². The van der Waals surface area contributed by atoms with Crippen molar-refractivity contribution in [2.75, 3.05) is 7.05 Å². The Bertz CT molecular complexity index is 285. The van der Waals surface area contributed by atoms with Crippen LogP contribution in [-0.2, 0) is 0 Å². The van der Waals surface area contributed by atoms with Gasteiger partial charge in [0.1, 0.15) is 18.4 Å². The Balaban J connectivity index is 2.41. The molecule has 0 spiro atoms. The van der Waals surface area contributed by atoms with Gasteiger partial charge in [-0.15, -0.1) is 0 Å². The van der Waals surface area contributed by atoms with Gasteiger partial charge in [-0.2, -0.15) is 0 Å². The Morgan fingerprint density at radius 2 is 2.25 bits per heavy atom. The van der Waals surface area contributed by atoms with Crippen LogP contribution in [0.25, 0.3) is 0 Å². The minimum Gasteiger partial charge on any atom is -0.463 e. The molecule has 1 rings (SSSR count). The molecule has 0 bridgehead atoms. The Morgan fingerprint density at radius 3 is 2.92 bits per heavy atom. The average molecular weight is 163 g/mol. The van der Waals surface area contributed by atoms with Gasteiger partial charge in [0.2, 0.25) is 0 Å². The summed E-state index contributed by atoms with van der Waals surface area (Å²) in [5.74, 6) is 0.704. The van der Waals surface area contributed by atoms with E-state index in [9.17, 15) is 0 Å². The maximum absolute atomic E-state index is 5.00. The second kappa shape index (κ2) is 5.01. The second-order valence-corrected chi connectivity index (χ2v) is 1.93. The summed E-state index contributed by atoms with van der Waals surface area (Å²) in [6.07, 6.45) is 5.98. The van der Waals surface area contributed by atoms with E-state index < -0.39 is 0 Å². The Kier molecular flexibility index (Phi) is 3.50. The third-order valence-electron chi connectivity index (χ3n) is 1.06. The van der Waals surface area contributed by atoms with Crippen LogP contribution in [-0.4, -0.2) is 25.9 Å². The van der Waals surface area contributed by atoms with Crippen LogP contribution in [0.4, 0.5) is 0 Å². The SMILES string of the molecule is CN=CN=CN=Cc1ccco1. The van der Waals surface area contributed by atoms with Crippen molar-refractivity contribution >= 4 is 18.9 Å². The molecule has 0 radical (unpaired) electrons. The lowest BCUT2D eigenvalue weighted by atomic mass is 10.5. The molecule has 0 saturated carbocycles. The fourth-order valence-electron chi connectivity index (χ4n) is 0.606. The van der Waals surface area contributed by atoms with Crippen molar-refractivity contribution in [3.63, 3.8) is 0 Å². The van der Waals surface area contributed by atoms with E-state index >= 15 is 0 Å². The first-order chi connectivity index (χ1) is 5.93. The van der Waals surface area contributed by atoms with Crippen LogP contribution in [0.15, 0.2) is 37.8 Å². The van der Waals surface area contributed by atoms with E-state index in [4.69, 9.17) is 4.42 Å². The van der Waals surface area contributed by atoms with E-state index in [0.717, 1.165) is 0 Å². The van der Waals surface area contributed by atoms with Crippen molar-refractivity contribution in [3.05, 3.63) is 24.2 Å². The number of nitrogens with zero attached hydrogens (tertiary/aromatic N) is 3. The fraction of sp³-hybridized carbons (Fsp3) is 0.125. The lowest BCUT2D eigenvalue weighted by molar-refractivity contribution is 0.560. The summed E-state index contributed by atoms with van der Waals surface area (Å²) in [7, 11) is 1.65. The standard InChI is InChI=1S/C8H9N3O/c1-9-6-11-7-10-5-8-3-2-4-12-8/h2-7H,1H3. The molecule has 0 aliphatic heterocycles. The molecule has 0 aliphatic rings. The van der Waals surface area contributed by atoms with E-state index in [1.807, 2.05) is 6.07 Å². The molecule has 0 amide bonds. The highest BCUT2D eigenvalue weighted by Gasteiger charge is 1.84.